The van der Waals surface area contributed by atoms with Crippen molar-refractivity contribution in [2.24, 2.45) is 0 Å². The molecule has 1 saturated heterocycles. The second kappa shape index (κ2) is 6.97. The Morgan fingerprint density at radius 2 is 1.75 bits per heavy atom. The predicted molar refractivity (Wildman–Crippen MR) is 102 cm³/mol. The second-order valence-corrected chi connectivity index (χ2v) is 7.35. The second-order valence-electron chi connectivity index (χ2n) is 6.19. The average Bonchev–Trinajstić information content (AvgIpc) is 3.24. The van der Waals surface area contributed by atoms with E-state index in [4.69, 9.17) is 0 Å². The normalized spacial score (nSPS) is 18.6. The van der Waals surface area contributed by atoms with E-state index >= 15 is 0 Å². The number of hydrogen-bond acceptors (Lipinski definition) is 6. The molecular weight excluding hydrogens is 381 g/mol. The molecule has 1 amide bonds. The van der Waals surface area contributed by atoms with E-state index in [1.807, 2.05) is 6.07 Å². The third-order valence-electron chi connectivity index (χ3n) is 4.40. The first kappa shape index (κ1) is 18.0. The van der Waals surface area contributed by atoms with E-state index in [9.17, 15) is 19.1 Å². The summed E-state index contributed by atoms with van der Waals surface area (Å²) in [5.41, 5.74) is 0.808. The lowest BCUT2D eigenvalue weighted by atomic mass is 9.95. The van der Waals surface area contributed by atoms with Crippen molar-refractivity contribution < 1.29 is 19.1 Å². The van der Waals surface area contributed by atoms with Gasteiger partial charge in [-0.3, -0.25) is 14.5 Å². The van der Waals surface area contributed by atoms with E-state index < -0.39 is 23.5 Å². The van der Waals surface area contributed by atoms with E-state index in [0.717, 1.165) is 0 Å². The van der Waals surface area contributed by atoms with Crippen LogP contribution in [-0.4, -0.2) is 27.0 Å². The standard InChI is InChI=1S/C20H14FN3O3S/c1-11-22-23-20(28-11)24-16(12-5-3-2-4-6-12)15(18(26)19(24)27)17(25)13-7-9-14(21)10-8-13/h2-10,16,25H,1H3/b17-15+/t16-/m0/s1. The molecule has 1 atom stereocenters. The van der Waals surface area contributed by atoms with E-state index in [1.165, 1.54) is 40.5 Å². The highest BCUT2D eigenvalue weighted by atomic mass is 32.1. The lowest BCUT2D eigenvalue weighted by Gasteiger charge is -2.22. The Bertz CT molecular complexity index is 1090. The number of aryl methyl sites for hydroxylation is 1. The van der Waals surface area contributed by atoms with E-state index in [0.29, 0.717) is 10.6 Å². The van der Waals surface area contributed by atoms with Gasteiger partial charge >= 0.3 is 5.91 Å². The maximum atomic E-state index is 13.3. The molecule has 28 heavy (non-hydrogen) atoms. The molecule has 3 aromatic rings. The lowest BCUT2D eigenvalue weighted by molar-refractivity contribution is -0.132. The number of benzene rings is 2. The van der Waals surface area contributed by atoms with Crippen LogP contribution in [0.5, 0.6) is 0 Å². The zero-order chi connectivity index (χ0) is 19.8. The van der Waals surface area contributed by atoms with Crippen molar-refractivity contribution in [3.05, 3.63) is 82.1 Å². The average molecular weight is 395 g/mol. The SMILES string of the molecule is Cc1nnc(N2C(=O)C(=O)/C(=C(/O)c3ccc(F)cc3)[C@@H]2c2ccccc2)s1. The zero-order valence-corrected chi connectivity index (χ0v) is 15.5. The molecule has 8 heteroatoms. The van der Waals surface area contributed by atoms with Gasteiger partial charge in [0.15, 0.2) is 0 Å². The molecule has 0 unspecified atom stereocenters. The van der Waals surface area contributed by atoms with Gasteiger partial charge in [0.1, 0.15) is 16.6 Å². The van der Waals surface area contributed by atoms with E-state index in [2.05, 4.69) is 10.2 Å². The summed E-state index contributed by atoms with van der Waals surface area (Å²) in [6, 6.07) is 13.1. The van der Waals surface area contributed by atoms with E-state index in [1.54, 1.807) is 31.2 Å². The molecule has 2 aromatic carbocycles. The summed E-state index contributed by atoms with van der Waals surface area (Å²) in [5.74, 6) is -2.46. The van der Waals surface area contributed by atoms with Crippen LogP contribution in [0.25, 0.3) is 5.76 Å². The monoisotopic (exact) mass is 395 g/mol. The quantitative estimate of drug-likeness (QED) is 0.416. The summed E-state index contributed by atoms with van der Waals surface area (Å²) >= 11 is 1.18. The molecule has 0 radical (unpaired) electrons. The summed E-state index contributed by atoms with van der Waals surface area (Å²) in [5, 5.41) is 19.7. The van der Waals surface area contributed by atoms with Crippen molar-refractivity contribution in [2.45, 2.75) is 13.0 Å². The maximum Gasteiger partial charge on any atom is 0.301 e. The predicted octanol–water partition coefficient (Wildman–Crippen LogP) is 3.61. The number of carbonyl (C=O) groups is 2. The fourth-order valence-electron chi connectivity index (χ4n) is 3.13. The topological polar surface area (TPSA) is 83.4 Å². The highest BCUT2D eigenvalue weighted by Gasteiger charge is 2.48. The highest BCUT2D eigenvalue weighted by Crippen LogP contribution is 2.42. The molecule has 0 spiro atoms. The van der Waals surface area contributed by atoms with Gasteiger partial charge in [0.2, 0.25) is 5.13 Å². The Morgan fingerprint density at radius 1 is 1.07 bits per heavy atom. The molecule has 1 aromatic heterocycles. The van der Waals surface area contributed by atoms with Crippen molar-refractivity contribution in [2.75, 3.05) is 4.90 Å². The Labute approximate surface area is 163 Å². The number of rotatable bonds is 3. The van der Waals surface area contributed by atoms with Crippen LogP contribution in [-0.2, 0) is 9.59 Å². The first-order chi connectivity index (χ1) is 13.5. The van der Waals surface area contributed by atoms with Gasteiger partial charge in [0, 0.05) is 5.56 Å². The van der Waals surface area contributed by atoms with Crippen LogP contribution in [0.15, 0.2) is 60.2 Å². The number of Topliss-reactive ketones (excluding diaryl/α,β-unsaturated/α-hetero) is 1. The molecule has 1 aliphatic heterocycles. The smallest absolute Gasteiger partial charge is 0.301 e. The number of aromatic nitrogens is 2. The molecule has 1 aliphatic rings. The summed E-state index contributed by atoms with van der Waals surface area (Å²) in [7, 11) is 0. The van der Waals surface area contributed by atoms with Crippen molar-refractivity contribution in [3.63, 3.8) is 0 Å². The van der Waals surface area contributed by atoms with Crippen LogP contribution >= 0.6 is 11.3 Å². The van der Waals surface area contributed by atoms with E-state index in [-0.39, 0.29) is 22.0 Å². The van der Waals surface area contributed by atoms with Crippen LogP contribution < -0.4 is 4.90 Å². The first-order valence-electron chi connectivity index (χ1n) is 8.39. The molecule has 0 saturated carbocycles. The van der Waals surface area contributed by atoms with Gasteiger partial charge in [0.05, 0.1) is 11.6 Å². The number of hydrogen-bond donors (Lipinski definition) is 1. The summed E-state index contributed by atoms with van der Waals surface area (Å²) < 4.78 is 13.3. The Kier molecular flexibility index (Phi) is 4.48. The minimum absolute atomic E-state index is 0.0735. The van der Waals surface area contributed by atoms with Crippen LogP contribution in [0.4, 0.5) is 9.52 Å². The Balaban J connectivity index is 1.93. The molecule has 1 fully saturated rings. The largest absolute Gasteiger partial charge is 0.507 e. The molecule has 0 bridgehead atoms. The fraction of sp³-hybridized carbons (Fsp3) is 0.100. The molecule has 6 nitrogen and oxygen atoms in total. The van der Waals surface area contributed by atoms with Crippen molar-refractivity contribution >= 4 is 33.9 Å². The van der Waals surface area contributed by atoms with Gasteiger partial charge in [0.25, 0.3) is 5.78 Å². The third kappa shape index (κ3) is 2.97. The Morgan fingerprint density at radius 3 is 2.36 bits per heavy atom. The van der Waals surface area contributed by atoms with Crippen molar-refractivity contribution in [3.8, 4) is 0 Å². The zero-order valence-electron chi connectivity index (χ0n) is 14.7. The number of aliphatic hydroxyl groups excluding tert-OH is 1. The van der Waals surface area contributed by atoms with Gasteiger partial charge in [-0.25, -0.2) is 4.39 Å². The van der Waals surface area contributed by atoms with Gasteiger partial charge in [-0.15, -0.1) is 10.2 Å². The number of ketones is 1. The lowest BCUT2D eigenvalue weighted by Crippen LogP contribution is -2.29. The molecule has 4 rings (SSSR count). The molecule has 140 valence electrons. The number of halogens is 1. The van der Waals surface area contributed by atoms with Crippen LogP contribution in [0, 0.1) is 12.7 Å². The van der Waals surface area contributed by atoms with Crippen molar-refractivity contribution in [1.82, 2.24) is 10.2 Å². The summed E-state index contributed by atoms with van der Waals surface area (Å²) in [4.78, 5) is 26.9. The maximum absolute atomic E-state index is 13.3. The number of amides is 1. The van der Waals surface area contributed by atoms with Gasteiger partial charge in [-0.2, -0.15) is 0 Å². The van der Waals surface area contributed by atoms with Crippen molar-refractivity contribution in [1.29, 1.82) is 0 Å². The summed E-state index contributed by atoms with van der Waals surface area (Å²) in [6.45, 7) is 1.74. The van der Waals surface area contributed by atoms with Gasteiger partial charge < -0.3 is 5.11 Å². The molecule has 0 aliphatic carbocycles. The number of anilines is 1. The first-order valence-corrected chi connectivity index (χ1v) is 9.21. The van der Waals surface area contributed by atoms with Gasteiger partial charge in [-0.05, 0) is 36.8 Å². The Hall–Kier alpha value is -3.39. The number of aliphatic hydroxyl groups is 1. The van der Waals surface area contributed by atoms with Crippen LogP contribution in [0.2, 0.25) is 0 Å². The fourth-order valence-corrected chi connectivity index (χ4v) is 3.84. The molecule has 1 N–H and O–H groups in total. The highest BCUT2D eigenvalue weighted by molar-refractivity contribution is 7.15. The minimum atomic E-state index is -0.862. The minimum Gasteiger partial charge on any atom is -0.507 e. The van der Waals surface area contributed by atoms with Crippen LogP contribution in [0.1, 0.15) is 22.2 Å². The van der Waals surface area contributed by atoms with Crippen LogP contribution in [0.3, 0.4) is 0 Å². The van der Waals surface area contributed by atoms with Gasteiger partial charge in [-0.1, -0.05) is 41.7 Å². The summed E-state index contributed by atoms with van der Waals surface area (Å²) in [6.07, 6.45) is 0. The third-order valence-corrected chi connectivity index (χ3v) is 5.24. The number of nitrogens with zero attached hydrogens (tertiary/aromatic N) is 3. The molecule has 2 heterocycles. The molecular formula is C20H14FN3O3S. The number of carbonyl (C=O) groups excluding carboxylic acids is 2.